The lowest BCUT2D eigenvalue weighted by Crippen LogP contribution is -2.05. The molecule has 0 N–H and O–H groups in total. The van der Waals surface area contributed by atoms with E-state index in [0.717, 1.165) is 32.1 Å². The smallest absolute Gasteiger partial charge is 0.305 e. The third-order valence-electron chi connectivity index (χ3n) is 6.59. The predicted molar refractivity (Wildman–Crippen MR) is 151 cm³/mol. The van der Waals surface area contributed by atoms with Crippen molar-refractivity contribution in [1.82, 2.24) is 0 Å². The number of allylic oxidation sites excluding steroid dienone is 4. The summed E-state index contributed by atoms with van der Waals surface area (Å²) in [5, 5.41) is 0. The van der Waals surface area contributed by atoms with Gasteiger partial charge in [-0.3, -0.25) is 4.79 Å². The van der Waals surface area contributed by atoms with Crippen LogP contribution in [0.1, 0.15) is 168 Å². The first-order valence-corrected chi connectivity index (χ1v) is 15.3. The van der Waals surface area contributed by atoms with Gasteiger partial charge < -0.3 is 4.74 Å². The van der Waals surface area contributed by atoms with Crippen LogP contribution in [0.2, 0.25) is 0 Å². The van der Waals surface area contributed by atoms with Gasteiger partial charge in [0, 0.05) is 6.42 Å². The number of hydrogen-bond donors (Lipinski definition) is 0. The average molecular weight is 477 g/mol. The predicted octanol–water partition coefficient (Wildman–Crippen LogP) is 11.0. The molecule has 0 heterocycles. The SMILES string of the molecule is CCCCCCCCC=CCC=CCCCCCOC(=O)CCCCCCCCCCCCC. The zero-order chi connectivity index (χ0) is 24.8. The molecule has 0 saturated carbocycles. The van der Waals surface area contributed by atoms with E-state index < -0.39 is 0 Å². The fraction of sp³-hybridized carbons (Fsp3) is 0.844. The molecule has 2 heteroatoms. The van der Waals surface area contributed by atoms with Crippen molar-refractivity contribution in [3.05, 3.63) is 24.3 Å². The Morgan fingerprint density at radius 1 is 0.500 bits per heavy atom. The van der Waals surface area contributed by atoms with Crippen LogP contribution in [-0.4, -0.2) is 12.6 Å². The van der Waals surface area contributed by atoms with Crippen molar-refractivity contribution in [3.63, 3.8) is 0 Å². The van der Waals surface area contributed by atoms with Crippen LogP contribution in [-0.2, 0) is 9.53 Å². The second-order valence-corrected chi connectivity index (χ2v) is 10.1. The topological polar surface area (TPSA) is 26.3 Å². The van der Waals surface area contributed by atoms with Crippen LogP contribution in [0.4, 0.5) is 0 Å². The normalized spacial score (nSPS) is 11.7. The standard InChI is InChI=1S/C32H60O2/c1-3-5-7-9-11-13-15-16-17-18-19-21-23-25-27-29-31-34-32(33)30-28-26-24-22-20-14-12-10-8-6-4-2/h16-17,19,21H,3-15,18,20,22-31H2,1-2H3. The molecule has 0 aromatic carbocycles. The van der Waals surface area contributed by atoms with E-state index in [1.807, 2.05) is 0 Å². The summed E-state index contributed by atoms with van der Waals surface area (Å²) < 4.78 is 5.39. The van der Waals surface area contributed by atoms with Crippen LogP contribution in [0, 0.1) is 0 Å². The molecule has 0 fully saturated rings. The number of hydrogen-bond acceptors (Lipinski definition) is 2. The van der Waals surface area contributed by atoms with Gasteiger partial charge in [0.05, 0.1) is 6.61 Å². The summed E-state index contributed by atoms with van der Waals surface area (Å²) in [4.78, 5) is 11.8. The molecule has 0 radical (unpaired) electrons. The minimum atomic E-state index is 0.00330. The van der Waals surface area contributed by atoms with Gasteiger partial charge in [0.25, 0.3) is 0 Å². The van der Waals surface area contributed by atoms with E-state index in [1.54, 1.807) is 0 Å². The van der Waals surface area contributed by atoms with Crippen molar-refractivity contribution in [2.24, 2.45) is 0 Å². The quantitative estimate of drug-likeness (QED) is 0.0669. The van der Waals surface area contributed by atoms with Gasteiger partial charge in [0.2, 0.25) is 0 Å². The van der Waals surface area contributed by atoms with Gasteiger partial charge in [-0.05, 0) is 51.4 Å². The molecule has 0 rings (SSSR count). The third kappa shape index (κ3) is 29.0. The van der Waals surface area contributed by atoms with Gasteiger partial charge in [-0.15, -0.1) is 0 Å². The number of carbonyl (C=O) groups excluding carboxylic acids is 1. The second-order valence-electron chi connectivity index (χ2n) is 10.1. The Hall–Kier alpha value is -1.05. The number of esters is 1. The van der Waals surface area contributed by atoms with Crippen LogP contribution in [0.15, 0.2) is 24.3 Å². The Balaban J connectivity index is 3.26. The monoisotopic (exact) mass is 476 g/mol. The first kappa shape index (κ1) is 33.0. The average Bonchev–Trinajstić information content (AvgIpc) is 2.84. The van der Waals surface area contributed by atoms with Gasteiger partial charge in [0.15, 0.2) is 0 Å². The van der Waals surface area contributed by atoms with Crippen molar-refractivity contribution >= 4 is 5.97 Å². The molecule has 0 unspecified atom stereocenters. The first-order valence-electron chi connectivity index (χ1n) is 15.3. The molecule has 0 bridgehead atoms. The van der Waals surface area contributed by atoms with Crippen molar-refractivity contribution in [1.29, 1.82) is 0 Å². The summed E-state index contributed by atoms with van der Waals surface area (Å²) in [5.74, 6) is 0.00330. The largest absolute Gasteiger partial charge is 0.466 e. The third-order valence-corrected chi connectivity index (χ3v) is 6.59. The highest BCUT2D eigenvalue weighted by Gasteiger charge is 2.02. The maximum absolute atomic E-state index is 11.8. The van der Waals surface area contributed by atoms with E-state index in [1.165, 1.54) is 116 Å². The molecular formula is C32H60O2. The van der Waals surface area contributed by atoms with Crippen LogP contribution in [0.3, 0.4) is 0 Å². The summed E-state index contributed by atoms with van der Waals surface area (Å²) in [6, 6.07) is 0. The van der Waals surface area contributed by atoms with E-state index in [9.17, 15) is 4.79 Å². The van der Waals surface area contributed by atoms with E-state index in [0.29, 0.717) is 13.0 Å². The Morgan fingerprint density at radius 2 is 0.912 bits per heavy atom. The summed E-state index contributed by atoms with van der Waals surface area (Å²) >= 11 is 0. The highest BCUT2D eigenvalue weighted by molar-refractivity contribution is 5.69. The molecule has 0 amide bonds. The van der Waals surface area contributed by atoms with Crippen molar-refractivity contribution in [2.45, 2.75) is 168 Å². The molecule has 0 aliphatic rings. The lowest BCUT2D eigenvalue weighted by Gasteiger charge is -2.05. The molecule has 0 saturated heterocycles. The van der Waals surface area contributed by atoms with E-state index in [4.69, 9.17) is 4.74 Å². The minimum absolute atomic E-state index is 0.00330. The Kier molecular flexibility index (Phi) is 29.1. The van der Waals surface area contributed by atoms with E-state index >= 15 is 0 Å². The number of rotatable bonds is 27. The van der Waals surface area contributed by atoms with E-state index in [2.05, 4.69) is 38.2 Å². The summed E-state index contributed by atoms with van der Waals surface area (Å²) in [7, 11) is 0. The van der Waals surface area contributed by atoms with Gasteiger partial charge in [-0.1, -0.05) is 134 Å². The zero-order valence-electron chi connectivity index (χ0n) is 23.3. The Labute approximate surface area is 214 Å². The lowest BCUT2D eigenvalue weighted by atomic mass is 10.1. The van der Waals surface area contributed by atoms with Gasteiger partial charge in [0.1, 0.15) is 0 Å². The molecule has 0 aliphatic heterocycles. The van der Waals surface area contributed by atoms with Crippen LogP contribution in [0.25, 0.3) is 0 Å². The van der Waals surface area contributed by atoms with Crippen LogP contribution >= 0.6 is 0 Å². The summed E-state index contributed by atoms with van der Waals surface area (Å²) in [5.41, 5.74) is 0. The molecule has 0 aromatic rings. The maximum Gasteiger partial charge on any atom is 0.305 e. The van der Waals surface area contributed by atoms with E-state index in [-0.39, 0.29) is 5.97 Å². The first-order chi connectivity index (χ1) is 16.8. The zero-order valence-corrected chi connectivity index (χ0v) is 23.3. The number of unbranched alkanes of at least 4 members (excludes halogenated alkanes) is 19. The van der Waals surface area contributed by atoms with Gasteiger partial charge in [-0.2, -0.15) is 0 Å². The molecule has 0 spiro atoms. The number of ether oxygens (including phenoxy) is 1. The molecule has 0 atom stereocenters. The van der Waals surface area contributed by atoms with Crippen molar-refractivity contribution in [3.8, 4) is 0 Å². The molecule has 2 nitrogen and oxygen atoms in total. The fourth-order valence-electron chi connectivity index (χ4n) is 4.28. The highest BCUT2D eigenvalue weighted by atomic mass is 16.5. The van der Waals surface area contributed by atoms with Gasteiger partial charge in [-0.25, -0.2) is 0 Å². The molecule has 34 heavy (non-hydrogen) atoms. The van der Waals surface area contributed by atoms with Gasteiger partial charge >= 0.3 is 5.97 Å². The van der Waals surface area contributed by atoms with Crippen molar-refractivity contribution < 1.29 is 9.53 Å². The second kappa shape index (κ2) is 30.0. The maximum atomic E-state index is 11.8. The summed E-state index contributed by atoms with van der Waals surface area (Å²) in [6.45, 7) is 5.14. The fourth-order valence-corrected chi connectivity index (χ4v) is 4.28. The Morgan fingerprint density at radius 3 is 1.41 bits per heavy atom. The highest BCUT2D eigenvalue weighted by Crippen LogP contribution is 2.12. The lowest BCUT2D eigenvalue weighted by molar-refractivity contribution is -0.143. The van der Waals surface area contributed by atoms with Crippen LogP contribution in [0.5, 0.6) is 0 Å². The minimum Gasteiger partial charge on any atom is -0.466 e. The molecule has 200 valence electrons. The molecule has 0 aliphatic carbocycles. The molecule has 0 aromatic heterocycles. The number of carbonyl (C=O) groups is 1. The molecular weight excluding hydrogens is 416 g/mol. The van der Waals surface area contributed by atoms with Crippen LogP contribution < -0.4 is 0 Å². The summed E-state index contributed by atoms with van der Waals surface area (Å²) in [6.07, 6.45) is 39.3. The van der Waals surface area contributed by atoms with Crippen molar-refractivity contribution in [2.75, 3.05) is 6.61 Å². The Bertz CT molecular complexity index is 452.